The molecule has 3 heterocycles. The first-order valence-corrected chi connectivity index (χ1v) is 9.73. The molecule has 162 valence electrons. The fourth-order valence-corrected chi connectivity index (χ4v) is 3.88. The van der Waals surface area contributed by atoms with Gasteiger partial charge in [-0.25, -0.2) is 8.78 Å². The molecule has 0 spiro atoms. The van der Waals surface area contributed by atoms with Crippen LogP contribution in [0.15, 0.2) is 41.4 Å². The highest BCUT2D eigenvalue weighted by Crippen LogP contribution is 2.34. The number of nitrogens with one attached hydrogen (secondary N) is 1. The van der Waals surface area contributed by atoms with Crippen LogP contribution in [0.3, 0.4) is 0 Å². The number of amides is 1. The molecule has 0 aromatic heterocycles. The first-order valence-electron chi connectivity index (χ1n) is 9.73. The van der Waals surface area contributed by atoms with Crippen LogP contribution < -0.4 is 5.32 Å². The van der Waals surface area contributed by atoms with Crippen LogP contribution in [-0.2, 0) is 16.1 Å². The van der Waals surface area contributed by atoms with Crippen molar-refractivity contribution in [1.29, 1.82) is 0 Å². The maximum atomic E-state index is 13.9. The summed E-state index contributed by atoms with van der Waals surface area (Å²) in [7, 11) is 1.61. The third-order valence-electron chi connectivity index (χ3n) is 5.73. The molecular formula is C20H24F2N4O4. The van der Waals surface area contributed by atoms with Crippen LogP contribution in [0.5, 0.6) is 0 Å². The van der Waals surface area contributed by atoms with Crippen LogP contribution in [0, 0.1) is 11.6 Å². The Morgan fingerprint density at radius 1 is 1.33 bits per heavy atom. The number of hydrogen-bond donors (Lipinski definition) is 3. The molecule has 1 aromatic rings. The van der Waals surface area contributed by atoms with E-state index in [0.29, 0.717) is 31.0 Å². The van der Waals surface area contributed by atoms with E-state index in [2.05, 4.69) is 5.32 Å². The molecule has 3 N–H and O–H groups in total. The van der Waals surface area contributed by atoms with Crippen molar-refractivity contribution in [2.45, 2.75) is 31.7 Å². The Morgan fingerprint density at radius 3 is 2.73 bits per heavy atom. The van der Waals surface area contributed by atoms with Gasteiger partial charge in [0.25, 0.3) is 5.91 Å². The molecule has 3 atom stereocenters. The second-order valence-corrected chi connectivity index (χ2v) is 7.51. The van der Waals surface area contributed by atoms with Crippen molar-refractivity contribution >= 4 is 5.91 Å². The van der Waals surface area contributed by atoms with Gasteiger partial charge >= 0.3 is 0 Å². The monoisotopic (exact) mass is 422 g/mol. The van der Waals surface area contributed by atoms with Gasteiger partial charge in [-0.05, 0) is 6.07 Å². The summed E-state index contributed by atoms with van der Waals surface area (Å²) >= 11 is 0. The number of rotatable bonds is 5. The lowest BCUT2D eigenvalue weighted by molar-refractivity contribution is -0.154. The van der Waals surface area contributed by atoms with Gasteiger partial charge in [0.2, 0.25) is 0 Å². The number of carbonyl (C=O) groups excluding carboxylic acids is 1. The average molecular weight is 422 g/mol. The van der Waals surface area contributed by atoms with Gasteiger partial charge in [0.15, 0.2) is 11.5 Å². The number of aliphatic hydroxyl groups excluding tert-OH is 2. The summed E-state index contributed by atoms with van der Waals surface area (Å²) in [5.74, 6) is -2.11. The van der Waals surface area contributed by atoms with Gasteiger partial charge in [-0.15, -0.1) is 0 Å². The van der Waals surface area contributed by atoms with Crippen molar-refractivity contribution in [1.82, 2.24) is 20.2 Å². The number of hydrogen-bond acceptors (Lipinski definition) is 7. The zero-order chi connectivity index (χ0) is 21.6. The number of fused-ring (bicyclic) bond motifs is 1. The molecular weight excluding hydrogens is 398 g/mol. The largest absolute Gasteiger partial charge is 0.507 e. The molecule has 30 heavy (non-hydrogen) atoms. The highest BCUT2D eigenvalue weighted by atomic mass is 19.1. The van der Waals surface area contributed by atoms with Gasteiger partial charge in [0.1, 0.15) is 23.8 Å². The molecule has 2 fully saturated rings. The molecule has 0 aliphatic carbocycles. The Morgan fingerprint density at radius 2 is 2.10 bits per heavy atom. The molecule has 4 rings (SSSR count). The van der Waals surface area contributed by atoms with E-state index in [1.165, 1.54) is 17.1 Å². The van der Waals surface area contributed by atoms with Crippen LogP contribution in [0.2, 0.25) is 0 Å². The van der Waals surface area contributed by atoms with Gasteiger partial charge in [-0.1, -0.05) is 13.0 Å². The minimum Gasteiger partial charge on any atom is -0.507 e. The lowest BCUT2D eigenvalue weighted by atomic mass is 9.90. The number of nitrogens with zero attached hydrogens (tertiary/aromatic N) is 3. The van der Waals surface area contributed by atoms with Crippen molar-refractivity contribution in [2.75, 3.05) is 26.9 Å². The predicted molar refractivity (Wildman–Crippen MR) is 102 cm³/mol. The average Bonchev–Trinajstić information content (AvgIpc) is 2.69. The molecule has 2 saturated heterocycles. The lowest BCUT2D eigenvalue weighted by Crippen LogP contribution is -2.60. The maximum Gasteiger partial charge on any atom is 0.288 e. The predicted octanol–water partition coefficient (Wildman–Crippen LogP) is 0.818. The van der Waals surface area contributed by atoms with Crippen molar-refractivity contribution in [3.05, 3.63) is 58.6 Å². The van der Waals surface area contributed by atoms with Gasteiger partial charge in [0.05, 0.1) is 19.3 Å². The van der Waals surface area contributed by atoms with E-state index in [0.717, 1.165) is 6.07 Å². The molecule has 10 heteroatoms. The molecule has 1 aromatic carbocycles. The Hall–Kier alpha value is -2.53. The Bertz CT molecular complexity index is 922. The smallest absolute Gasteiger partial charge is 0.288 e. The molecule has 1 amide bonds. The van der Waals surface area contributed by atoms with Crippen molar-refractivity contribution in [3.63, 3.8) is 0 Å². The molecule has 8 nitrogen and oxygen atoms in total. The standard InChI is InChI=1S/C20H24F2N4O4/c1-3-26-10-25-8-13(17(27)18(28)16(25)20(29)24(26)2)19-15(9-30-19)23-7-11-4-5-12(21)6-14(11)22/h4-6,8,15,17,19,23,27-28H,3,7,9-10H2,1-2H3. The Balaban J connectivity index is 1.50. The van der Waals surface area contributed by atoms with E-state index in [-0.39, 0.29) is 18.3 Å². The van der Waals surface area contributed by atoms with Crippen LogP contribution in [0.25, 0.3) is 0 Å². The molecule has 3 aliphatic rings. The summed E-state index contributed by atoms with van der Waals surface area (Å²) < 4.78 is 32.5. The zero-order valence-electron chi connectivity index (χ0n) is 16.7. The fraction of sp³-hybridized carbons (Fsp3) is 0.450. The molecule has 3 aliphatic heterocycles. The summed E-state index contributed by atoms with van der Waals surface area (Å²) in [6.45, 7) is 3.32. The summed E-state index contributed by atoms with van der Waals surface area (Å²) in [5, 5.41) is 27.5. The van der Waals surface area contributed by atoms with E-state index in [1.54, 1.807) is 23.2 Å². The van der Waals surface area contributed by atoms with Gasteiger partial charge in [0, 0.05) is 43.5 Å². The number of likely N-dealkylation sites (N-methyl/N-ethyl adjacent to an activating group) is 1. The van der Waals surface area contributed by atoms with Crippen LogP contribution in [0.1, 0.15) is 12.5 Å². The van der Waals surface area contributed by atoms with E-state index >= 15 is 0 Å². The van der Waals surface area contributed by atoms with Crippen molar-refractivity contribution in [3.8, 4) is 0 Å². The number of carbonyl (C=O) groups is 1. The normalized spacial score (nSPS) is 27.2. The molecule has 3 unspecified atom stereocenters. The van der Waals surface area contributed by atoms with Crippen LogP contribution in [0.4, 0.5) is 8.78 Å². The number of halogens is 2. The van der Waals surface area contributed by atoms with E-state index < -0.39 is 35.5 Å². The van der Waals surface area contributed by atoms with E-state index in [1.807, 2.05) is 6.92 Å². The maximum absolute atomic E-state index is 13.9. The highest BCUT2D eigenvalue weighted by Gasteiger charge is 2.45. The minimum absolute atomic E-state index is 0.0377. The highest BCUT2D eigenvalue weighted by molar-refractivity contribution is 5.94. The van der Waals surface area contributed by atoms with Gasteiger partial charge in [-0.3, -0.25) is 9.80 Å². The summed E-state index contributed by atoms with van der Waals surface area (Å²) in [6, 6.07) is 3.15. The van der Waals surface area contributed by atoms with Crippen molar-refractivity contribution < 1.29 is 28.5 Å². The Kier molecular flexibility index (Phi) is 5.49. The second kappa shape index (κ2) is 7.95. The lowest BCUT2D eigenvalue weighted by Gasteiger charge is -2.47. The van der Waals surface area contributed by atoms with Crippen LogP contribution >= 0.6 is 0 Å². The van der Waals surface area contributed by atoms with Crippen molar-refractivity contribution in [2.24, 2.45) is 0 Å². The van der Waals surface area contributed by atoms with Crippen LogP contribution in [-0.4, -0.2) is 76.2 Å². The third kappa shape index (κ3) is 3.45. The fourth-order valence-electron chi connectivity index (χ4n) is 3.88. The Labute approximate surface area is 172 Å². The SMILES string of the molecule is CCN1CN2C=C(C3OCC3NCc3ccc(F)cc3F)C(O)C(O)=C2C(=O)N1C. The summed E-state index contributed by atoms with van der Waals surface area (Å²) in [5.41, 5.74) is 0.761. The molecule has 0 bridgehead atoms. The first kappa shape index (κ1) is 20.7. The molecule has 0 saturated carbocycles. The zero-order valence-corrected chi connectivity index (χ0v) is 16.7. The minimum atomic E-state index is -1.38. The number of hydrazine groups is 1. The van der Waals surface area contributed by atoms with Gasteiger partial charge in [-0.2, -0.15) is 5.01 Å². The third-order valence-corrected chi connectivity index (χ3v) is 5.73. The topological polar surface area (TPSA) is 88.5 Å². The van der Waals surface area contributed by atoms with E-state index in [4.69, 9.17) is 4.74 Å². The second-order valence-electron chi connectivity index (χ2n) is 7.51. The summed E-state index contributed by atoms with van der Waals surface area (Å²) in [4.78, 5) is 14.2. The van der Waals surface area contributed by atoms with E-state index in [9.17, 15) is 23.8 Å². The molecule has 0 radical (unpaired) electrons. The quantitative estimate of drug-likeness (QED) is 0.648. The van der Waals surface area contributed by atoms with Gasteiger partial charge < -0.3 is 25.2 Å². The number of benzene rings is 1. The number of ether oxygens (including phenoxy) is 1. The summed E-state index contributed by atoms with van der Waals surface area (Å²) in [6.07, 6.45) is -0.305. The number of aliphatic hydroxyl groups is 2. The first-order chi connectivity index (χ1) is 14.3.